The van der Waals surface area contributed by atoms with Gasteiger partial charge >= 0.3 is 0 Å². The van der Waals surface area contributed by atoms with Crippen LogP contribution in [0.2, 0.25) is 0 Å². The molecule has 0 radical (unpaired) electrons. The summed E-state index contributed by atoms with van der Waals surface area (Å²) in [6, 6.07) is 0. The molecule has 0 aliphatic heterocycles. The summed E-state index contributed by atoms with van der Waals surface area (Å²) in [5, 5.41) is 18.1. The van der Waals surface area contributed by atoms with Crippen molar-refractivity contribution in [3.63, 3.8) is 0 Å². The van der Waals surface area contributed by atoms with Crippen LogP contribution in [0.1, 0.15) is 62.9 Å². The van der Waals surface area contributed by atoms with E-state index in [-0.39, 0.29) is 46.8 Å². The normalized spacial score (nSPS) is 33.2. The number of hydrogen-bond acceptors (Lipinski definition) is 6. The van der Waals surface area contributed by atoms with Crippen molar-refractivity contribution < 1.29 is 19.4 Å². The molecule has 2 saturated carbocycles. The lowest BCUT2D eigenvalue weighted by Crippen LogP contribution is -2.53. The third-order valence-electron chi connectivity index (χ3n) is 7.76. The first-order valence-electron chi connectivity index (χ1n) is 11.5. The number of thiazole rings is 1. The highest BCUT2D eigenvalue weighted by molar-refractivity contribution is 7.15. The first-order chi connectivity index (χ1) is 14.7. The van der Waals surface area contributed by atoms with Gasteiger partial charge in [-0.1, -0.05) is 20.8 Å². The largest absolute Gasteiger partial charge is 0.392 e. The minimum atomic E-state index is -0.559. The molecular weight excluding hydrogens is 414 g/mol. The van der Waals surface area contributed by atoms with E-state index in [0.29, 0.717) is 18.3 Å². The van der Waals surface area contributed by atoms with E-state index < -0.39 is 6.10 Å². The third-order valence-corrected chi connectivity index (χ3v) is 8.75. The third kappa shape index (κ3) is 4.39. The molecule has 0 aromatic carbocycles. The van der Waals surface area contributed by atoms with Crippen molar-refractivity contribution >= 4 is 28.3 Å². The van der Waals surface area contributed by atoms with Gasteiger partial charge in [0.05, 0.1) is 18.4 Å². The maximum Gasteiger partial charge on any atom is 0.229 e. The number of aromatic nitrogens is 1. The van der Waals surface area contributed by atoms with Gasteiger partial charge in [-0.3, -0.25) is 9.59 Å². The zero-order valence-electron chi connectivity index (χ0n) is 18.9. The molecular formula is C23H35N3O4S. The van der Waals surface area contributed by atoms with Crippen molar-refractivity contribution in [1.29, 1.82) is 0 Å². The maximum atomic E-state index is 12.6. The molecule has 3 N–H and O–H groups in total. The number of rotatable bonds is 7. The predicted octanol–water partition coefficient (Wildman–Crippen LogP) is 2.94. The van der Waals surface area contributed by atoms with Gasteiger partial charge in [-0.2, -0.15) is 0 Å². The fourth-order valence-corrected chi connectivity index (χ4v) is 7.05. The molecule has 3 aliphatic rings. The molecule has 0 spiro atoms. The summed E-state index contributed by atoms with van der Waals surface area (Å²) in [6.45, 7) is 7.29. The lowest BCUT2D eigenvalue weighted by molar-refractivity contribution is -0.135. The Morgan fingerprint density at radius 1 is 1.35 bits per heavy atom. The van der Waals surface area contributed by atoms with E-state index in [9.17, 15) is 14.7 Å². The number of nitrogens with zero attached hydrogens (tertiary/aromatic N) is 1. The summed E-state index contributed by atoms with van der Waals surface area (Å²) in [5.41, 5.74) is 0.981. The van der Waals surface area contributed by atoms with Gasteiger partial charge in [-0.15, -0.1) is 11.3 Å². The van der Waals surface area contributed by atoms with Crippen molar-refractivity contribution in [3.8, 4) is 0 Å². The Labute approximate surface area is 188 Å². The van der Waals surface area contributed by atoms with E-state index in [1.54, 1.807) is 18.4 Å². The zero-order valence-corrected chi connectivity index (χ0v) is 19.8. The van der Waals surface area contributed by atoms with Crippen LogP contribution in [-0.4, -0.2) is 48.3 Å². The molecule has 8 heteroatoms. The summed E-state index contributed by atoms with van der Waals surface area (Å²) in [4.78, 5) is 30.8. The topological polar surface area (TPSA) is 101 Å². The van der Waals surface area contributed by atoms with Gasteiger partial charge in [-0.25, -0.2) is 4.98 Å². The molecule has 172 valence electrons. The number of hydrogen-bond donors (Lipinski definition) is 3. The second kappa shape index (κ2) is 8.79. The van der Waals surface area contributed by atoms with Crippen LogP contribution in [0, 0.1) is 29.1 Å². The second-order valence-corrected chi connectivity index (χ2v) is 11.1. The van der Waals surface area contributed by atoms with Crippen LogP contribution in [-0.2, 0) is 20.7 Å². The van der Waals surface area contributed by atoms with Gasteiger partial charge in [0.2, 0.25) is 11.8 Å². The van der Waals surface area contributed by atoms with Crippen LogP contribution in [0.5, 0.6) is 0 Å². The molecule has 1 heterocycles. The molecule has 3 aliphatic carbocycles. The molecule has 1 aromatic rings. The van der Waals surface area contributed by atoms with E-state index >= 15 is 0 Å². The number of amides is 2. The van der Waals surface area contributed by atoms with Crippen molar-refractivity contribution in [2.24, 2.45) is 29.1 Å². The first-order valence-corrected chi connectivity index (χ1v) is 12.3. The number of ether oxygens (including phenoxy) is 1. The lowest BCUT2D eigenvalue weighted by atomic mass is 9.53. The van der Waals surface area contributed by atoms with Gasteiger partial charge < -0.3 is 20.5 Å². The Morgan fingerprint density at radius 3 is 2.77 bits per heavy atom. The number of fused-ring (bicyclic) bond motifs is 2. The van der Waals surface area contributed by atoms with E-state index in [1.165, 1.54) is 4.88 Å². The average molecular weight is 450 g/mol. The standard InChI is InChI=1S/C23H35N3O4S/c1-12(20(28)24-9-10-30-4)15-7-8-23(3)11-16-18(13(2)17(23)19(15)27)25-22(31-16)26-21(29)14-5-6-14/h12-15,17,19,27H,5-11H2,1-4H3,(H,24,28)(H,25,26,29). The predicted molar refractivity (Wildman–Crippen MR) is 120 cm³/mol. The van der Waals surface area contributed by atoms with Crippen molar-refractivity contribution in [2.75, 3.05) is 25.6 Å². The van der Waals surface area contributed by atoms with Crippen LogP contribution in [0.15, 0.2) is 0 Å². The Balaban J connectivity index is 1.50. The molecule has 31 heavy (non-hydrogen) atoms. The summed E-state index contributed by atoms with van der Waals surface area (Å²) in [6.07, 6.45) is 4.05. The quantitative estimate of drug-likeness (QED) is 0.556. The number of aliphatic hydroxyl groups is 1. The minimum absolute atomic E-state index is 0.0208. The smallest absolute Gasteiger partial charge is 0.229 e. The second-order valence-electron chi connectivity index (χ2n) is 10.0. The molecule has 0 saturated heterocycles. The monoisotopic (exact) mass is 449 g/mol. The van der Waals surface area contributed by atoms with Gasteiger partial charge in [0, 0.05) is 36.3 Å². The maximum absolute atomic E-state index is 12.6. The van der Waals surface area contributed by atoms with E-state index in [2.05, 4.69) is 24.5 Å². The van der Waals surface area contributed by atoms with Crippen molar-refractivity contribution in [1.82, 2.24) is 10.3 Å². The zero-order chi connectivity index (χ0) is 22.3. The highest BCUT2D eigenvalue weighted by atomic mass is 32.1. The Morgan fingerprint density at radius 2 is 2.10 bits per heavy atom. The van der Waals surface area contributed by atoms with E-state index in [1.807, 2.05) is 6.92 Å². The molecule has 6 atom stereocenters. The number of carbonyl (C=O) groups excluding carboxylic acids is 2. The molecule has 4 rings (SSSR count). The summed E-state index contributed by atoms with van der Waals surface area (Å²) in [7, 11) is 1.61. The molecule has 1 aromatic heterocycles. The highest BCUT2D eigenvalue weighted by Crippen LogP contribution is 2.57. The fourth-order valence-electron chi connectivity index (χ4n) is 5.78. The Bertz CT molecular complexity index is 839. The van der Waals surface area contributed by atoms with Crippen molar-refractivity contribution in [2.45, 2.75) is 64.9 Å². The SMILES string of the molecule is COCCNC(=O)C(C)C1CCC2(C)Cc3sc(NC(=O)C4CC4)nc3C(C)C2C1O. The molecule has 6 unspecified atom stereocenters. The van der Waals surface area contributed by atoms with Crippen LogP contribution in [0.4, 0.5) is 5.13 Å². The van der Waals surface area contributed by atoms with Crippen LogP contribution in [0.3, 0.4) is 0 Å². The molecule has 2 amide bonds. The summed E-state index contributed by atoms with van der Waals surface area (Å²) >= 11 is 1.59. The van der Waals surface area contributed by atoms with Crippen LogP contribution >= 0.6 is 11.3 Å². The lowest BCUT2D eigenvalue weighted by Gasteiger charge is -2.53. The Hall–Kier alpha value is -1.51. The fraction of sp³-hybridized carbons (Fsp3) is 0.783. The number of nitrogens with one attached hydrogen (secondary N) is 2. The van der Waals surface area contributed by atoms with Crippen LogP contribution < -0.4 is 10.6 Å². The number of aliphatic hydroxyl groups excluding tert-OH is 1. The average Bonchev–Trinajstić information content (AvgIpc) is 3.49. The van der Waals surface area contributed by atoms with Crippen molar-refractivity contribution in [3.05, 3.63) is 10.6 Å². The Kier molecular flexibility index (Phi) is 6.43. The number of carbonyl (C=O) groups is 2. The van der Waals surface area contributed by atoms with E-state index in [0.717, 1.165) is 37.8 Å². The molecule has 2 fully saturated rings. The molecule has 0 bridgehead atoms. The van der Waals surface area contributed by atoms with Gasteiger partial charge in [0.15, 0.2) is 5.13 Å². The highest BCUT2D eigenvalue weighted by Gasteiger charge is 2.54. The molecule has 7 nitrogen and oxygen atoms in total. The summed E-state index contributed by atoms with van der Waals surface area (Å²) < 4.78 is 5.02. The minimum Gasteiger partial charge on any atom is -0.392 e. The van der Waals surface area contributed by atoms with Gasteiger partial charge in [-0.05, 0) is 49.4 Å². The first kappa shape index (κ1) is 22.7. The van der Waals surface area contributed by atoms with Gasteiger partial charge in [0.25, 0.3) is 0 Å². The van der Waals surface area contributed by atoms with Crippen LogP contribution in [0.25, 0.3) is 0 Å². The number of methoxy groups -OCH3 is 1. The summed E-state index contributed by atoms with van der Waals surface area (Å²) in [5.74, 6) is 0.00670. The van der Waals surface area contributed by atoms with Gasteiger partial charge in [0.1, 0.15) is 0 Å². The number of anilines is 1. The van der Waals surface area contributed by atoms with E-state index in [4.69, 9.17) is 9.72 Å².